The van der Waals surface area contributed by atoms with Gasteiger partial charge in [0.15, 0.2) is 6.29 Å². The van der Waals surface area contributed by atoms with Crippen LogP contribution in [0.25, 0.3) is 6.08 Å². The zero-order valence-corrected chi connectivity index (χ0v) is 21.2. The van der Waals surface area contributed by atoms with Gasteiger partial charge in [-0.3, -0.25) is 0 Å². The number of ether oxygens (including phenoxy) is 4. The second-order valence-corrected chi connectivity index (χ2v) is 8.27. The van der Waals surface area contributed by atoms with E-state index in [2.05, 4.69) is 5.32 Å². The highest BCUT2D eigenvalue weighted by atomic mass is 35.5. The maximum Gasteiger partial charge on any atom is 0.337 e. The molecular weight excluding hydrogens is 486 g/mol. The predicted molar refractivity (Wildman–Crippen MR) is 135 cm³/mol. The summed E-state index contributed by atoms with van der Waals surface area (Å²) in [7, 11) is 4.41. The number of dihydropyridines is 1. The van der Waals surface area contributed by atoms with Crippen LogP contribution in [0.3, 0.4) is 0 Å². The lowest BCUT2D eigenvalue weighted by Crippen LogP contribution is -2.38. The van der Waals surface area contributed by atoms with Crippen LogP contribution in [0, 0.1) is 0 Å². The Morgan fingerprint density at radius 3 is 2.44 bits per heavy atom. The Bertz CT molecular complexity index is 1210. The molecule has 1 unspecified atom stereocenters. The molecule has 1 heterocycles. The Morgan fingerprint density at radius 2 is 1.81 bits per heavy atom. The summed E-state index contributed by atoms with van der Waals surface area (Å²) in [4.78, 5) is 25.8. The average molecular weight is 514 g/mol. The smallest absolute Gasteiger partial charge is 0.337 e. The first-order valence-corrected chi connectivity index (χ1v) is 11.4. The summed E-state index contributed by atoms with van der Waals surface area (Å²) in [6.45, 7) is 1.55. The fourth-order valence-corrected chi connectivity index (χ4v) is 4.28. The molecule has 36 heavy (non-hydrogen) atoms. The molecule has 190 valence electrons. The summed E-state index contributed by atoms with van der Waals surface area (Å²) in [5.74, 6) is -2.21. The monoisotopic (exact) mass is 513 g/mol. The van der Waals surface area contributed by atoms with Gasteiger partial charge in [-0.1, -0.05) is 48.0 Å². The van der Waals surface area contributed by atoms with Crippen LogP contribution in [0.4, 0.5) is 0 Å². The highest BCUT2D eigenvalue weighted by Crippen LogP contribution is 2.40. The van der Waals surface area contributed by atoms with E-state index < -0.39 is 24.1 Å². The molecule has 0 saturated carbocycles. The van der Waals surface area contributed by atoms with Crippen molar-refractivity contribution < 1.29 is 33.6 Å². The Morgan fingerprint density at radius 1 is 1.08 bits per heavy atom. The van der Waals surface area contributed by atoms with E-state index in [4.69, 9.17) is 30.5 Å². The largest absolute Gasteiger partial charge is 0.496 e. The molecule has 3 rings (SSSR count). The number of allylic oxidation sites excluding steroid dienone is 1. The van der Waals surface area contributed by atoms with Gasteiger partial charge in [0.05, 0.1) is 29.9 Å². The third-order valence-electron chi connectivity index (χ3n) is 5.64. The third-order valence-corrected chi connectivity index (χ3v) is 5.87. The van der Waals surface area contributed by atoms with E-state index in [1.54, 1.807) is 50.5 Å². The molecule has 2 aromatic carbocycles. The first kappa shape index (κ1) is 27.0. The lowest BCUT2D eigenvalue weighted by molar-refractivity contribution is -0.139. The minimum atomic E-state index is -1.18. The van der Waals surface area contributed by atoms with Gasteiger partial charge in [-0.15, -0.1) is 0 Å². The molecule has 1 aliphatic rings. The summed E-state index contributed by atoms with van der Waals surface area (Å²) in [5.41, 5.74) is 1.97. The maximum atomic E-state index is 13.5. The van der Waals surface area contributed by atoms with Crippen LogP contribution in [-0.4, -0.2) is 51.3 Å². The number of carbonyl (C=O) groups excluding carboxylic acids is 1. The van der Waals surface area contributed by atoms with E-state index in [1.807, 2.05) is 24.3 Å². The van der Waals surface area contributed by atoms with E-state index in [-0.39, 0.29) is 23.5 Å². The van der Waals surface area contributed by atoms with Gasteiger partial charge in [-0.05, 0) is 36.8 Å². The van der Waals surface area contributed by atoms with Gasteiger partial charge in [-0.2, -0.15) is 0 Å². The number of nitrogens with one attached hydrogen (secondary N) is 1. The molecule has 1 atom stereocenters. The molecule has 0 fully saturated rings. The number of aliphatic carboxylic acids is 1. The summed E-state index contributed by atoms with van der Waals surface area (Å²) >= 11 is 6.21. The van der Waals surface area contributed by atoms with Gasteiger partial charge in [-0.25, -0.2) is 9.59 Å². The fraction of sp³-hybridized carbons (Fsp3) is 0.259. The first-order valence-electron chi connectivity index (χ1n) is 11.0. The van der Waals surface area contributed by atoms with Crippen molar-refractivity contribution in [2.75, 3.05) is 27.9 Å². The molecule has 0 spiro atoms. The number of rotatable bonds is 10. The number of carbonyl (C=O) groups is 2. The van der Waals surface area contributed by atoms with Crippen molar-refractivity contribution in [1.82, 2.24) is 5.32 Å². The topological polar surface area (TPSA) is 103 Å². The molecule has 1 aliphatic heterocycles. The molecule has 0 saturated heterocycles. The van der Waals surface area contributed by atoms with Crippen molar-refractivity contribution >= 4 is 29.6 Å². The van der Waals surface area contributed by atoms with E-state index >= 15 is 0 Å². The Kier molecular flexibility index (Phi) is 9.30. The van der Waals surface area contributed by atoms with Gasteiger partial charge in [0.1, 0.15) is 12.4 Å². The van der Waals surface area contributed by atoms with E-state index in [0.29, 0.717) is 22.0 Å². The van der Waals surface area contributed by atoms with Crippen LogP contribution >= 0.6 is 11.6 Å². The Balaban J connectivity index is 2.01. The molecule has 2 aromatic rings. The fourth-order valence-electron chi connectivity index (χ4n) is 4.08. The summed E-state index contributed by atoms with van der Waals surface area (Å²) in [6, 6.07) is 14.1. The van der Waals surface area contributed by atoms with Crippen molar-refractivity contribution in [1.29, 1.82) is 0 Å². The standard InChI is InChI=1S/C27H28ClNO7/c1-16-21(25(30)31)22(18-10-7-12-19(28)15-18)23(24(29-16)27(34-3)35-4)26(32)36-14-8-11-17-9-5-6-13-20(17)33-2/h5-13,15,22,27,29H,14H2,1-4H3,(H,30,31)/b11-8+. The predicted octanol–water partition coefficient (Wildman–Crippen LogP) is 4.52. The highest BCUT2D eigenvalue weighted by molar-refractivity contribution is 6.30. The second-order valence-electron chi connectivity index (χ2n) is 7.83. The van der Waals surface area contributed by atoms with Crippen LogP contribution in [-0.2, 0) is 23.8 Å². The molecule has 8 nitrogen and oxygen atoms in total. The molecule has 0 amide bonds. The lowest BCUT2D eigenvalue weighted by Gasteiger charge is -2.33. The number of esters is 1. The Hall–Kier alpha value is -3.59. The van der Waals surface area contributed by atoms with E-state index in [1.165, 1.54) is 14.2 Å². The minimum absolute atomic E-state index is 0.0107. The van der Waals surface area contributed by atoms with Crippen LogP contribution in [0.1, 0.15) is 24.0 Å². The van der Waals surface area contributed by atoms with Gasteiger partial charge in [0.2, 0.25) is 0 Å². The van der Waals surface area contributed by atoms with E-state index in [0.717, 1.165) is 5.56 Å². The van der Waals surface area contributed by atoms with Gasteiger partial charge >= 0.3 is 11.9 Å². The number of halogens is 1. The maximum absolute atomic E-state index is 13.5. The zero-order chi connectivity index (χ0) is 26.2. The SMILES string of the molecule is COc1ccccc1/C=C/COC(=O)C1=C(C(OC)OC)NC(C)=C(C(=O)O)C1c1cccc(Cl)c1. The van der Waals surface area contributed by atoms with Crippen molar-refractivity contribution in [2.45, 2.75) is 19.1 Å². The molecular formula is C27H28ClNO7. The van der Waals surface area contributed by atoms with Gasteiger partial charge in [0.25, 0.3) is 0 Å². The van der Waals surface area contributed by atoms with Crippen LogP contribution in [0.15, 0.2) is 77.1 Å². The number of benzene rings is 2. The van der Waals surface area contributed by atoms with E-state index in [9.17, 15) is 14.7 Å². The summed E-state index contributed by atoms with van der Waals surface area (Å²) < 4.78 is 21.7. The van der Waals surface area contributed by atoms with Crippen LogP contribution in [0.2, 0.25) is 5.02 Å². The number of carboxylic acid groups (broad SMARTS) is 1. The molecule has 2 N–H and O–H groups in total. The zero-order valence-electron chi connectivity index (χ0n) is 20.4. The number of para-hydroxylation sites is 1. The molecule has 0 radical (unpaired) electrons. The van der Waals surface area contributed by atoms with Crippen molar-refractivity contribution in [3.05, 3.63) is 93.3 Å². The first-order chi connectivity index (χ1) is 17.3. The summed E-state index contributed by atoms with van der Waals surface area (Å²) in [6.07, 6.45) is 2.47. The normalized spacial score (nSPS) is 15.9. The van der Waals surface area contributed by atoms with Gasteiger partial charge < -0.3 is 29.4 Å². The third kappa shape index (κ3) is 5.96. The minimum Gasteiger partial charge on any atom is -0.496 e. The average Bonchev–Trinajstić information content (AvgIpc) is 2.86. The van der Waals surface area contributed by atoms with Crippen molar-refractivity contribution in [3.8, 4) is 5.75 Å². The number of hydrogen-bond donors (Lipinski definition) is 2. The summed E-state index contributed by atoms with van der Waals surface area (Å²) in [5, 5.41) is 13.4. The highest BCUT2D eigenvalue weighted by Gasteiger charge is 2.40. The lowest BCUT2D eigenvalue weighted by atomic mass is 9.80. The second kappa shape index (κ2) is 12.4. The molecule has 9 heteroatoms. The molecule has 0 bridgehead atoms. The quantitative estimate of drug-likeness (QED) is 0.353. The molecule has 0 aliphatic carbocycles. The number of carboxylic acids is 1. The van der Waals surface area contributed by atoms with Gasteiger partial charge in [0, 0.05) is 30.5 Å². The van der Waals surface area contributed by atoms with Crippen LogP contribution in [0.5, 0.6) is 5.75 Å². The number of hydrogen-bond acceptors (Lipinski definition) is 7. The molecule has 0 aromatic heterocycles. The van der Waals surface area contributed by atoms with Crippen molar-refractivity contribution in [2.24, 2.45) is 0 Å². The van der Waals surface area contributed by atoms with Crippen LogP contribution < -0.4 is 10.1 Å². The van der Waals surface area contributed by atoms with Crippen molar-refractivity contribution in [3.63, 3.8) is 0 Å². The Labute approximate surface area is 214 Å². The number of methoxy groups -OCH3 is 3.